The lowest BCUT2D eigenvalue weighted by Crippen LogP contribution is -2.41. The molecule has 1 saturated heterocycles. The number of carbonyl (C=O) groups excluding carboxylic acids is 1. The number of hydrogen-bond donors (Lipinski definition) is 0. The molecule has 0 aromatic heterocycles. The lowest BCUT2D eigenvalue weighted by atomic mass is 10.2. The monoisotopic (exact) mass is 320 g/mol. The molecule has 0 N–H and O–H groups in total. The highest BCUT2D eigenvalue weighted by atomic mass is 32.2. The minimum Gasteiger partial charge on any atom is -0.417 e. The van der Waals surface area contributed by atoms with Crippen molar-refractivity contribution >= 4 is 37.6 Å². The number of hydrogen-bond acceptors (Lipinski definition) is 4. The van der Waals surface area contributed by atoms with Crippen LogP contribution in [0.1, 0.15) is 40.0 Å². The fraction of sp³-hybridized carbons (Fsp3) is 0.929. The van der Waals surface area contributed by atoms with Crippen molar-refractivity contribution in [3.8, 4) is 0 Å². The molecule has 0 atom stereocenters. The van der Waals surface area contributed by atoms with Gasteiger partial charge in [-0.2, -0.15) is 0 Å². The van der Waals surface area contributed by atoms with Crippen molar-refractivity contribution in [2.75, 3.05) is 18.1 Å². The molecule has 1 fully saturated rings. The first-order chi connectivity index (χ1) is 8.74. The van der Waals surface area contributed by atoms with Gasteiger partial charge in [0, 0.05) is 13.0 Å². The maximum atomic E-state index is 12.0. The first kappa shape index (κ1) is 17.6. The van der Waals surface area contributed by atoms with Crippen LogP contribution in [0.5, 0.6) is 0 Å². The zero-order chi connectivity index (χ0) is 14.5. The van der Waals surface area contributed by atoms with Crippen LogP contribution in [0, 0.1) is 0 Å². The van der Waals surface area contributed by atoms with Crippen LogP contribution in [-0.2, 0) is 9.22 Å². The Morgan fingerprint density at radius 2 is 1.84 bits per heavy atom. The summed E-state index contributed by atoms with van der Waals surface area (Å²) in [5, 5.41) is 0.256. The molecule has 0 unspecified atom stereocenters. The Kier molecular flexibility index (Phi) is 6.97. The molecule has 2 nitrogen and oxygen atoms in total. The largest absolute Gasteiger partial charge is 0.417 e. The summed E-state index contributed by atoms with van der Waals surface area (Å²) in [4.78, 5) is 12.0. The molecule has 0 aliphatic carbocycles. The van der Waals surface area contributed by atoms with Crippen molar-refractivity contribution in [1.29, 1.82) is 0 Å². The van der Waals surface area contributed by atoms with Crippen LogP contribution in [-0.4, -0.2) is 36.8 Å². The maximum Gasteiger partial charge on any atom is 0.191 e. The number of rotatable bonds is 6. The van der Waals surface area contributed by atoms with Gasteiger partial charge in [0.1, 0.15) is 4.58 Å². The quantitative estimate of drug-likeness (QED) is 0.529. The third-order valence-corrected chi connectivity index (χ3v) is 11.5. The van der Waals surface area contributed by atoms with Crippen molar-refractivity contribution in [1.82, 2.24) is 0 Å². The lowest BCUT2D eigenvalue weighted by molar-refractivity contribution is -0.117. The van der Waals surface area contributed by atoms with Crippen LogP contribution < -0.4 is 0 Å². The highest BCUT2D eigenvalue weighted by molar-refractivity contribution is 8.18. The van der Waals surface area contributed by atoms with Gasteiger partial charge in [-0.3, -0.25) is 4.79 Å². The van der Waals surface area contributed by atoms with Crippen LogP contribution in [0.15, 0.2) is 0 Å². The first-order valence-corrected chi connectivity index (χ1v) is 12.1. The highest BCUT2D eigenvalue weighted by Crippen LogP contribution is 2.36. The van der Waals surface area contributed by atoms with E-state index in [1.54, 1.807) is 0 Å². The van der Waals surface area contributed by atoms with Gasteiger partial charge < -0.3 is 4.43 Å². The summed E-state index contributed by atoms with van der Waals surface area (Å²) in [7, 11) is -1.64. The van der Waals surface area contributed by atoms with E-state index in [0.29, 0.717) is 12.2 Å². The maximum absolute atomic E-state index is 12.0. The molecular weight excluding hydrogens is 292 g/mol. The van der Waals surface area contributed by atoms with Crippen molar-refractivity contribution < 1.29 is 9.22 Å². The van der Waals surface area contributed by atoms with Gasteiger partial charge in [0.25, 0.3) is 0 Å². The fourth-order valence-corrected chi connectivity index (χ4v) is 5.47. The molecule has 112 valence electrons. The first-order valence-electron chi connectivity index (χ1n) is 7.14. The normalized spacial score (nSPS) is 18.6. The Morgan fingerprint density at radius 3 is 2.37 bits per heavy atom. The molecule has 1 aliphatic rings. The molecule has 0 aromatic carbocycles. The van der Waals surface area contributed by atoms with E-state index in [1.807, 2.05) is 23.5 Å². The summed E-state index contributed by atoms with van der Waals surface area (Å²) in [5.41, 5.74) is 0. The zero-order valence-corrected chi connectivity index (χ0v) is 15.6. The Bertz CT molecular complexity index is 294. The summed E-state index contributed by atoms with van der Waals surface area (Å²) < 4.78 is 6.30. The van der Waals surface area contributed by atoms with Crippen LogP contribution in [0.25, 0.3) is 0 Å². The van der Waals surface area contributed by atoms with Crippen LogP contribution >= 0.6 is 23.5 Å². The molecule has 1 heterocycles. The van der Waals surface area contributed by atoms with Crippen molar-refractivity contribution in [3.63, 3.8) is 0 Å². The molecule has 1 rings (SSSR count). The number of Topliss-reactive ketones (excluding diaryl/α,β-unsaturated/α-hetero) is 1. The second kappa shape index (κ2) is 7.53. The standard InChI is InChI=1S/C14H28O2S2Si/c1-14(2,3)19(4,5)16-9-6-8-12(15)13-17-10-7-11-18-13/h13H,6-11H2,1-5H3. The average molecular weight is 321 g/mol. The molecule has 0 radical (unpaired) electrons. The van der Waals surface area contributed by atoms with Crippen molar-refractivity contribution in [2.45, 2.75) is 62.7 Å². The Hall–Kier alpha value is 0.547. The van der Waals surface area contributed by atoms with E-state index in [1.165, 1.54) is 6.42 Å². The minimum absolute atomic E-state index is 0.196. The fourth-order valence-electron chi connectivity index (χ4n) is 1.58. The van der Waals surface area contributed by atoms with Gasteiger partial charge in [-0.1, -0.05) is 20.8 Å². The van der Waals surface area contributed by atoms with Gasteiger partial charge in [0.15, 0.2) is 14.1 Å². The molecule has 0 bridgehead atoms. The van der Waals surface area contributed by atoms with E-state index < -0.39 is 8.32 Å². The molecule has 5 heteroatoms. The summed E-state index contributed by atoms with van der Waals surface area (Å²) in [6.07, 6.45) is 2.80. The summed E-state index contributed by atoms with van der Waals surface area (Å²) in [5.74, 6) is 2.70. The Labute approximate surface area is 128 Å². The average Bonchev–Trinajstić information content (AvgIpc) is 2.34. The third kappa shape index (κ3) is 5.82. The van der Waals surface area contributed by atoms with Gasteiger partial charge >= 0.3 is 0 Å². The van der Waals surface area contributed by atoms with Crippen LogP contribution in [0.2, 0.25) is 18.1 Å². The van der Waals surface area contributed by atoms with E-state index in [-0.39, 0.29) is 9.62 Å². The molecule has 0 amide bonds. The Balaban J connectivity index is 2.21. The predicted molar refractivity (Wildman–Crippen MR) is 90.7 cm³/mol. The summed E-state index contributed by atoms with van der Waals surface area (Å²) >= 11 is 3.64. The Morgan fingerprint density at radius 1 is 1.26 bits per heavy atom. The molecule has 19 heavy (non-hydrogen) atoms. The van der Waals surface area contributed by atoms with E-state index in [2.05, 4.69) is 33.9 Å². The topological polar surface area (TPSA) is 26.3 Å². The molecular formula is C14H28O2S2Si. The second-order valence-corrected chi connectivity index (χ2v) is 14.1. The second-order valence-electron chi connectivity index (χ2n) is 6.61. The van der Waals surface area contributed by atoms with Crippen molar-refractivity contribution in [2.24, 2.45) is 0 Å². The number of ketones is 1. The smallest absolute Gasteiger partial charge is 0.191 e. The third-order valence-electron chi connectivity index (χ3n) is 3.93. The van der Waals surface area contributed by atoms with E-state index in [0.717, 1.165) is 24.5 Å². The van der Waals surface area contributed by atoms with E-state index >= 15 is 0 Å². The van der Waals surface area contributed by atoms with Gasteiger partial charge in [-0.25, -0.2) is 0 Å². The summed E-state index contributed by atoms with van der Waals surface area (Å²) in [6, 6.07) is 0. The van der Waals surface area contributed by atoms with Gasteiger partial charge in [0.05, 0.1) is 0 Å². The van der Waals surface area contributed by atoms with Gasteiger partial charge in [-0.05, 0) is 42.5 Å². The van der Waals surface area contributed by atoms with Crippen LogP contribution in [0.4, 0.5) is 0 Å². The van der Waals surface area contributed by atoms with E-state index in [9.17, 15) is 4.79 Å². The number of thioether (sulfide) groups is 2. The highest BCUT2D eigenvalue weighted by Gasteiger charge is 2.36. The molecule has 1 aliphatic heterocycles. The SMILES string of the molecule is CC(C)(C)[Si](C)(C)OCCCC(=O)C1SCCCS1. The predicted octanol–water partition coefficient (Wildman–Crippen LogP) is 4.55. The molecule has 0 spiro atoms. The summed E-state index contributed by atoms with van der Waals surface area (Å²) in [6.45, 7) is 12.0. The molecule has 0 aromatic rings. The van der Waals surface area contributed by atoms with Crippen molar-refractivity contribution in [3.05, 3.63) is 0 Å². The molecule has 0 saturated carbocycles. The minimum atomic E-state index is -1.64. The zero-order valence-electron chi connectivity index (χ0n) is 13.0. The van der Waals surface area contributed by atoms with Crippen LogP contribution in [0.3, 0.4) is 0 Å². The lowest BCUT2D eigenvalue weighted by Gasteiger charge is -2.36. The van der Waals surface area contributed by atoms with E-state index in [4.69, 9.17) is 4.43 Å². The van der Waals surface area contributed by atoms with Gasteiger partial charge in [0.2, 0.25) is 0 Å². The van der Waals surface area contributed by atoms with Gasteiger partial charge in [-0.15, -0.1) is 23.5 Å². The number of carbonyl (C=O) groups is 1.